The molecular weight excluding hydrogens is 362 g/mol. The zero-order valence-corrected chi connectivity index (χ0v) is 16.1. The van der Waals surface area contributed by atoms with Gasteiger partial charge in [-0.3, -0.25) is 9.48 Å². The third kappa shape index (κ3) is 4.71. The van der Waals surface area contributed by atoms with E-state index in [-0.39, 0.29) is 11.8 Å². The molecule has 1 unspecified atom stereocenters. The highest BCUT2D eigenvalue weighted by Crippen LogP contribution is 2.22. The van der Waals surface area contributed by atoms with Gasteiger partial charge in [-0.2, -0.15) is 5.10 Å². The number of aromatic nitrogens is 4. The molecule has 0 aliphatic heterocycles. The Bertz CT molecular complexity index is 953. The molecule has 3 rings (SSSR count). The van der Waals surface area contributed by atoms with Gasteiger partial charge in [-0.05, 0) is 36.5 Å². The molecule has 2 aromatic heterocycles. The molecule has 0 radical (unpaired) electrons. The lowest BCUT2D eigenvalue weighted by Crippen LogP contribution is -2.20. The Balaban J connectivity index is 1.76. The molecule has 0 saturated heterocycles. The lowest BCUT2D eigenvalue weighted by atomic mass is 9.92. The number of nitrogens with two attached hydrogens (primary N) is 1. The summed E-state index contributed by atoms with van der Waals surface area (Å²) in [6.45, 7) is 1.82. The van der Waals surface area contributed by atoms with Crippen molar-refractivity contribution in [2.24, 2.45) is 12.8 Å². The SMILES string of the molecule is CC(C(N)=O)c1ccccc1CCc1nc(Cc2cnn(C)c2)ncc1Cl. The van der Waals surface area contributed by atoms with Crippen LogP contribution >= 0.6 is 11.6 Å². The van der Waals surface area contributed by atoms with Crippen molar-refractivity contribution in [3.8, 4) is 0 Å². The lowest BCUT2D eigenvalue weighted by molar-refractivity contribution is -0.119. The smallest absolute Gasteiger partial charge is 0.224 e. The first kappa shape index (κ1) is 19.0. The number of rotatable bonds is 7. The summed E-state index contributed by atoms with van der Waals surface area (Å²) in [5.41, 5.74) is 9.35. The molecule has 140 valence electrons. The molecule has 1 aromatic carbocycles. The fourth-order valence-corrected chi connectivity index (χ4v) is 3.23. The second kappa shape index (κ2) is 8.31. The lowest BCUT2D eigenvalue weighted by Gasteiger charge is -2.14. The van der Waals surface area contributed by atoms with Crippen LogP contribution in [0.5, 0.6) is 0 Å². The first-order valence-corrected chi connectivity index (χ1v) is 9.16. The average Bonchev–Trinajstić information content (AvgIpc) is 3.06. The molecule has 0 aliphatic carbocycles. The van der Waals surface area contributed by atoms with Gasteiger partial charge in [-0.1, -0.05) is 35.9 Å². The molecule has 2 heterocycles. The van der Waals surface area contributed by atoms with Crippen molar-refractivity contribution in [3.05, 3.63) is 76.1 Å². The minimum absolute atomic E-state index is 0.330. The van der Waals surface area contributed by atoms with Crippen LogP contribution < -0.4 is 5.73 Å². The van der Waals surface area contributed by atoms with Crippen molar-refractivity contribution in [2.75, 3.05) is 0 Å². The number of hydrogen-bond acceptors (Lipinski definition) is 4. The molecule has 0 spiro atoms. The molecule has 1 atom stereocenters. The van der Waals surface area contributed by atoms with E-state index in [2.05, 4.69) is 15.1 Å². The number of halogens is 1. The Morgan fingerprint density at radius 3 is 2.74 bits per heavy atom. The Kier molecular flexibility index (Phi) is 5.86. The van der Waals surface area contributed by atoms with Gasteiger partial charge in [0.2, 0.25) is 5.91 Å². The van der Waals surface area contributed by atoms with Crippen molar-refractivity contribution in [2.45, 2.75) is 32.1 Å². The van der Waals surface area contributed by atoms with Crippen LogP contribution in [0.2, 0.25) is 5.02 Å². The summed E-state index contributed by atoms with van der Waals surface area (Å²) in [5, 5.41) is 4.71. The zero-order chi connectivity index (χ0) is 19.4. The third-order valence-corrected chi connectivity index (χ3v) is 4.88. The number of hydrogen-bond donors (Lipinski definition) is 1. The van der Waals surface area contributed by atoms with Crippen molar-refractivity contribution in [3.63, 3.8) is 0 Å². The van der Waals surface area contributed by atoms with E-state index in [0.29, 0.717) is 23.7 Å². The summed E-state index contributed by atoms with van der Waals surface area (Å²) in [7, 11) is 1.88. The van der Waals surface area contributed by atoms with Crippen molar-refractivity contribution < 1.29 is 4.79 Å². The predicted molar refractivity (Wildman–Crippen MR) is 105 cm³/mol. The van der Waals surface area contributed by atoms with Crippen LogP contribution in [-0.2, 0) is 31.1 Å². The topological polar surface area (TPSA) is 86.7 Å². The molecule has 0 bridgehead atoms. The summed E-state index contributed by atoms with van der Waals surface area (Å²) >= 11 is 6.31. The van der Waals surface area contributed by atoms with Crippen LogP contribution in [0.3, 0.4) is 0 Å². The van der Waals surface area contributed by atoms with Gasteiger partial charge >= 0.3 is 0 Å². The number of aryl methyl sites for hydroxylation is 3. The fourth-order valence-electron chi connectivity index (χ4n) is 3.04. The van der Waals surface area contributed by atoms with Gasteiger partial charge in [0, 0.05) is 25.9 Å². The highest BCUT2D eigenvalue weighted by Gasteiger charge is 2.16. The highest BCUT2D eigenvalue weighted by atomic mass is 35.5. The minimum atomic E-state index is -0.332. The summed E-state index contributed by atoms with van der Waals surface area (Å²) in [5.74, 6) is 0.0469. The van der Waals surface area contributed by atoms with E-state index in [1.165, 1.54) is 0 Å². The maximum absolute atomic E-state index is 11.6. The molecule has 0 saturated carbocycles. The Hall–Kier alpha value is -2.73. The quantitative estimate of drug-likeness (QED) is 0.679. The van der Waals surface area contributed by atoms with Crippen molar-refractivity contribution in [1.82, 2.24) is 19.7 Å². The standard InChI is InChI=1S/C20H22ClN5O/c1-13(20(22)27)16-6-4-3-5-15(16)7-8-18-17(21)11-23-19(25-18)9-14-10-24-26(2)12-14/h3-6,10-13H,7-9H2,1-2H3,(H2,22,27). The molecule has 6 nitrogen and oxygen atoms in total. The van der Waals surface area contributed by atoms with Crippen LogP contribution in [0.15, 0.2) is 42.9 Å². The van der Waals surface area contributed by atoms with Gasteiger partial charge in [-0.15, -0.1) is 0 Å². The molecule has 1 amide bonds. The summed E-state index contributed by atoms with van der Waals surface area (Å²) in [6, 6.07) is 7.84. The van der Waals surface area contributed by atoms with Gasteiger partial charge in [0.05, 0.1) is 22.8 Å². The Labute approximate surface area is 163 Å². The fraction of sp³-hybridized carbons (Fsp3) is 0.300. The predicted octanol–water partition coefficient (Wildman–Crippen LogP) is 2.83. The van der Waals surface area contributed by atoms with Gasteiger partial charge < -0.3 is 5.73 Å². The van der Waals surface area contributed by atoms with E-state index in [0.717, 1.165) is 28.8 Å². The third-order valence-electron chi connectivity index (χ3n) is 4.57. The molecular formula is C20H22ClN5O. The molecule has 0 aliphatic rings. The van der Waals surface area contributed by atoms with Crippen molar-refractivity contribution in [1.29, 1.82) is 0 Å². The Morgan fingerprint density at radius 1 is 1.26 bits per heavy atom. The van der Waals surface area contributed by atoms with Gasteiger partial charge in [0.15, 0.2) is 0 Å². The zero-order valence-electron chi connectivity index (χ0n) is 15.4. The average molecular weight is 384 g/mol. The molecule has 3 aromatic rings. The maximum atomic E-state index is 11.6. The molecule has 0 fully saturated rings. The number of carbonyl (C=O) groups is 1. The van der Waals surface area contributed by atoms with E-state index in [1.54, 1.807) is 17.1 Å². The maximum Gasteiger partial charge on any atom is 0.224 e. The molecule has 27 heavy (non-hydrogen) atoms. The van der Waals surface area contributed by atoms with Crippen LogP contribution in [0.25, 0.3) is 0 Å². The number of carbonyl (C=O) groups excluding carboxylic acids is 1. The minimum Gasteiger partial charge on any atom is -0.369 e. The first-order chi connectivity index (χ1) is 12.9. The van der Waals surface area contributed by atoms with E-state index < -0.39 is 0 Å². The second-order valence-corrected chi connectivity index (χ2v) is 7.01. The van der Waals surface area contributed by atoms with Crippen molar-refractivity contribution >= 4 is 17.5 Å². The van der Waals surface area contributed by atoms with Crippen LogP contribution in [-0.4, -0.2) is 25.7 Å². The van der Waals surface area contributed by atoms with Crippen LogP contribution in [0, 0.1) is 0 Å². The van der Waals surface area contributed by atoms with Gasteiger partial charge in [-0.25, -0.2) is 9.97 Å². The number of primary amides is 1. The van der Waals surface area contributed by atoms with E-state index in [9.17, 15) is 4.79 Å². The van der Waals surface area contributed by atoms with E-state index in [1.807, 2.05) is 44.4 Å². The summed E-state index contributed by atoms with van der Waals surface area (Å²) in [4.78, 5) is 20.5. The van der Waals surface area contributed by atoms with E-state index >= 15 is 0 Å². The normalized spacial score (nSPS) is 12.1. The monoisotopic (exact) mass is 383 g/mol. The number of amides is 1. The summed E-state index contributed by atoms with van der Waals surface area (Å²) in [6.07, 6.45) is 7.37. The summed E-state index contributed by atoms with van der Waals surface area (Å²) < 4.78 is 1.75. The molecule has 7 heteroatoms. The number of benzene rings is 1. The highest BCUT2D eigenvalue weighted by molar-refractivity contribution is 6.31. The molecule has 2 N–H and O–H groups in total. The second-order valence-electron chi connectivity index (χ2n) is 6.60. The van der Waals surface area contributed by atoms with Crippen LogP contribution in [0.1, 0.15) is 41.1 Å². The van der Waals surface area contributed by atoms with Gasteiger partial charge in [0.25, 0.3) is 0 Å². The Morgan fingerprint density at radius 2 is 2.04 bits per heavy atom. The van der Waals surface area contributed by atoms with Crippen LogP contribution in [0.4, 0.5) is 0 Å². The van der Waals surface area contributed by atoms with Gasteiger partial charge in [0.1, 0.15) is 5.82 Å². The first-order valence-electron chi connectivity index (χ1n) is 8.79. The van der Waals surface area contributed by atoms with E-state index in [4.69, 9.17) is 17.3 Å². The number of nitrogens with zero attached hydrogens (tertiary/aromatic N) is 4. The largest absolute Gasteiger partial charge is 0.369 e.